The molecule has 86 valence electrons. The lowest BCUT2D eigenvalue weighted by Crippen LogP contribution is -2.31. The van der Waals surface area contributed by atoms with Crippen molar-refractivity contribution in [1.82, 2.24) is 5.32 Å². The van der Waals surface area contributed by atoms with Crippen LogP contribution in [0.2, 0.25) is 0 Å². The lowest BCUT2D eigenvalue weighted by molar-refractivity contribution is 0.238. The predicted octanol–water partition coefficient (Wildman–Crippen LogP) is 2.76. The lowest BCUT2D eigenvalue weighted by atomic mass is 10.1. The second-order valence-electron chi connectivity index (χ2n) is 3.93. The first kappa shape index (κ1) is 11.6. The van der Waals surface area contributed by atoms with Gasteiger partial charge < -0.3 is 10.4 Å². The molecule has 2 N–H and O–H groups in total. The minimum atomic E-state index is 0.207. The van der Waals surface area contributed by atoms with Gasteiger partial charge in [0.2, 0.25) is 0 Å². The Bertz CT molecular complexity index is 448. The molecule has 2 nitrogen and oxygen atoms in total. The van der Waals surface area contributed by atoms with Gasteiger partial charge in [-0.15, -0.1) is 11.3 Å². The zero-order valence-electron chi connectivity index (χ0n) is 9.44. The molecule has 0 radical (unpaired) electrons. The molecule has 2 rings (SSSR count). The Hall–Kier alpha value is -0.900. The molecule has 0 aliphatic rings. The highest BCUT2D eigenvalue weighted by atomic mass is 32.1. The van der Waals surface area contributed by atoms with E-state index in [9.17, 15) is 0 Å². The quantitative estimate of drug-likeness (QED) is 0.835. The van der Waals surface area contributed by atoms with Crippen LogP contribution >= 0.6 is 11.3 Å². The molecular formula is C13H17NOS. The van der Waals surface area contributed by atoms with E-state index in [4.69, 9.17) is 5.11 Å². The molecule has 0 spiro atoms. The maximum absolute atomic E-state index is 9.11. The van der Waals surface area contributed by atoms with Crippen LogP contribution in [0, 0.1) is 0 Å². The number of aliphatic hydroxyl groups is 1. The lowest BCUT2D eigenvalue weighted by Gasteiger charge is -2.13. The minimum Gasteiger partial charge on any atom is -0.395 e. The van der Waals surface area contributed by atoms with Gasteiger partial charge >= 0.3 is 0 Å². The molecular weight excluding hydrogens is 218 g/mol. The number of hydrogen-bond acceptors (Lipinski definition) is 3. The predicted molar refractivity (Wildman–Crippen MR) is 69.8 cm³/mol. The number of thiophene rings is 1. The number of hydrogen-bond donors (Lipinski definition) is 2. The van der Waals surface area contributed by atoms with Crippen molar-refractivity contribution in [2.75, 3.05) is 6.61 Å². The number of benzene rings is 1. The van der Waals surface area contributed by atoms with Crippen molar-refractivity contribution in [3.05, 3.63) is 35.2 Å². The summed E-state index contributed by atoms with van der Waals surface area (Å²) in [4.78, 5) is 0. The summed E-state index contributed by atoms with van der Waals surface area (Å²) >= 11 is 1.78. The molecule has 2 aromatic rings. The van der Waals surface area contributed by atoms with Crippen molar-refractivity contribution >= 4 is 21.4 Å². The van der Waals surface area contributed by atoms with Crippen LogP contribution in [0.25, 0.3) is 10.1 Å². The Balaban J connectivity index is 2.09. The van der Waals surface area contributed by atoms with E-state index in [1.54, 1.807) is 11.3 Å². The van der Waals surface area contributed by atoms with Crippen molar-refractivity contribution in [1.29, 1.82) is 0 Å². The number of aliphatic hydroxyl groups excluding tert-OH is 1. The van der Waals surface area contributed by atoms with E-state index in [2.05, 4.69) is 41.9 Å². The fourth-order valence-electron chi connectivity index (χ4n) is 1.76. The molecule has 0 saturated heterocycles. The highest BCUT2D eigenvalue weighted by Crippen LogP contribution is 2.25. The average molecular weight is 235 g/mol. The normalized spacial score (nSPS) is 13.1. The number of rotatable bonds is 5. The largest absolute Gasteiger partial charge is 0.395 e. The minimum absolute atomic E-state index is 0.207. The molecule has 0 fully saturated rings. The molecule has 0 bridgehead atoms. The smallest absolute Gasteiger partial charge is 0.0584 e. The highest BCUT2D eigenvalue weighted by molar-refractivity contribution is 7.17. The number of fused-ring (bicyclic) bond motifs is 1. The molecule has 1 unspecified atom stereocenters. The summed E-state index contributed by atoms with van der Waals surface area (Å²) in [6.45, 7) is 3.13. The Morgan fingerprint density at radius 2 is 2.19 bits per heavy atom. The maximum atomic E-state index is 9.11. The van der Waals surface area contributed by atoms with Crippen molar-refractivity contribution in [2.24, 2.45) is 0 Å². The van der Waals surface area contributed by atoms with Gasteiger partial charge in [-0.2, -0.15) is 0 Å². The van der Waals surface area contributed by atoms with Gasteiger partial charge in [0.1, 0.15) is 0 Å². The molecule has 16 heavy (non-hydrogen) atoms. The van der Waals surface area contributed by atoms with Crippen molar-refractivity contribution in [2.45, 2.75) is 25.9 Å². The molecule has 3 heteroatoms. The zero-order valence-corrected chi connectivity index (χ0v) is 10.3. The molecule has 0 saturated carbocycles. The van der Waals surface area contributed by atoms with Crippen molar-refractivity contribution < 1.29 is 5.11 Å². The first-order valence-electron chi connectivity index (χ1n) is 5.64. The van der Waals surface area contributed by atoms with Crippen LogP contribution in [0.5, 0.6) is 0 Å². The van der Waals surface area contributed by atoms with Crippen molar-refractivity contribution in [3.8, 4) is 0 Å². The maximum Gasteiger partial charge on any atom is 0.0584 e. The molecule has 0 aliphatic heterocycles. The van der Waals surface area contributed by atoms with Gasteiger partial charge in [0, 0.05) is 17.3 Å². The van der Waals surface area contributed by atoms with E-state index >= 15 is 0 Å². The third kappa shape index (κ3) is 2.43. The second kappa shape index (κ2) is 5.43. The molecule has 1 aromatic carbocycles. The Morgan fingerprint density at radius 3 is 2.94 bits per heavy atom. The van der Waals surface area contributed by atoms with E-state index in [0.29, 0.717) is 0 Å². The van der Waals surface area contributed by atoms with Crippen LogP contribution in [0.1, 0.15) is 18.9 Å². The van der Waals surface area contributed by atoms with Gasteiger partial charge in [-0.3, -0.25) is 0 Å². The van der Waals surface area contributed by atoms with Gasteiger partial charge in [0.05, 0.1) is 6.61 Å². The summed E-state index contributed by atoms with van der Waals surface area (Å²) in [5.74, 6) is 0. The molecule has 0 aliphatic carbocycles. The van der Waals surface area contributed by atoms with Gasteiger partial charge in [0.25, 0.3) is 0 Å². The summed E-state index contributed by atoms with van der Waals surface area (Å²) in [5.41, 5.74) is 1.33. The molecule has 1 heterocycles. The summed E-state index contributed by atoms with van der Waals surface area (Å²) in [6, 6.07) is 8.65. The zero-order chi connectivity index (χ0) is 11.4. The van der Waals surface area contributed by atoms with Crippen LogP contribution in [0.15, 0.2) is 29.6 Å². The molecule has 0 amide bonds. The van der Waals surface area contributed by atoms with E-state index in [-0.39, 0.29) is 12.6 Å². The van der Waals surface area contributed by atoms with Gasteiger partial charge in [-0.25, -0.2) is 0 Å². The van der Waals surface area contributed by atoms with Crippen LogP contribution in [0.4, 0.5) is 0 Å². The highest BCUT2D eigenvalue weighted by Gasteiger charge is 2.06. The molecule has 1 aromatic heterocycles. The van der Waals surface area contributed by atoms with Crippen LogP contribution in [-0.2, 0) is 6.54 Å². The Kier molecular flexibility index (Phi) is 3.93. The number of nitrogens with one attached hydrogen (secondary N) is 1. The Labute approximate surface area is 99.9 Å². The third-order valence-corrected chi connectivity index (χ3v) is 3.87. The summed E-state index contributed by atoms with van der Waals surface area (Å²) in [6.07, 6.45) is 0.957. The SMILES string of the molecule is CCC(CO)NCc1csc2ccccc12. The average Bonchev–Trinajstić information content (AvgIpc) is 2.74. The second-order valence-corrected chi connectivity index (χ2v) is 4.84. The van der Waals surface area contributed by atoms with Crippen LogP contribution in [-0.4, -0.2) is 17.8 Å². The summed E-state index contributed by atoms with van der Waals surface area (Å²) in [7, 11) is 0. The summed E-state index contributed by atoms with van der Waals surface area (Å²) < 4.78 is 1.33. The van der Waals surface area contributed by atoms with Crippen LogP contribution < -0.4 is 5.32 Å². The standard InChI is InChI=1S/C13H17NOS/c1-2-11(8-15)14-7-10-9-16-13-6-4-3-5-12(10)13/h3-6,9,11,14-15H,2,7-8H2,1H3. The van der Waals surface area contributed by atoms with Gasteiger partial charge in [0.15, 0.2) is 0 Å². The van der Waals surface area contributed by atoms with E-state index < -0.39 is 0 Å². The fourth-order valence-corrected chi connectivity index (χ4v) is 2.72. The van der Waals surface area contributed by atoms with Gasteiger partial charge in [-0.05, 0) is 28.8 Å². The van der Waals surface area contributed by atoms with Gasteiger partial charge in [-0.1, -0.05) is 25.1 Å². The van der Waals surface area contributed by atoms with Crippen LogP contribution in [0.3, 0.4) is 0 Å². The van der Waals surface area contributed by atoms with Crippen molar-refractivity contribution in [3.63, 3.8) is 0 Å². The monoisotopic (exact) mass is 235 g/mol. The van der Waals surface area contributed by atoms with E-state index in [0.717, 1.165) is 13.0 Å². The topological polar surface area (TPSA) is 32.3 Å². The molecule has 1 atom stereocenters. The third-order valence-electron chi connectivity index (χ3n) is 2.86. The van der Waals surface area contributed by atoms with E-state index in [1.165, 1.54) is 15.6 Å². The van der Waals surface area contributed by atoms with E-state index in [1.807, 2.05) is 0 Å². The fraction of sp³-hybridized carbons (Fsp3) is 0.385. The Morgan fingerprint density at radius 1 is 1.38 bits per heavy atom. The first-order chi connectivity index (χ1) is 7.85. The summed E-state index contributed by atoms with van der Waals surface area (Å²) in [5, 5.41) is 16.0. The first-order valence-corrected chi connectivity index (χ1v) is 6.52.